The molecular weight excluding hydrogens is 221 g/mol. The van der Waals surface area contributed by atoms with Gasteiger partial charge in [0.15, 0.2) is 0 Å². The molecule has 1 aromatic rings. The number of sulfone groups is 1. The highest BCUT2D eigenvalue weighted by atomic mass is 32.2. The SMILES string of the molecule is O=S1(=O)C=CN=C1Oc1ccc(F)cc1. The smallest absolute Gasteiger partial charge is 0.319 e. The van der Waals surface area contributed by atoms with Gasteiger partial charge in [-0.15, -0.1) is 0 Å². The topological polar surface area (TPSA) is 55.7 Å². The van der Waals surface area contributed by atoms with Gasteiger partial charge in [0.05, 0.1) is 5.41 Å². The Labute approximate surface area is 85.6 Å². The van der Waals surface area contributed by atoms with Crippen LogP contribution < -0.4 is 4.74 Å². The fourth-order valence-corrected chi connectivity index (χ4v) is 1.75. The first kappa shape index (κ1) is 9.85. The summed E-state index contributed by atoms with van der Waals surface area (Å²) >= 11 is 0. The fraction of sp³-hybridized carbons (Fsp3) is 0. The number of halogens is 1. The molecule has 1 aliphatic heterocycles. The van der Waals surface area contributed by atoms with Crippen LogP contribution in [0.3, 0.4) is 0 Å². The molecule has 78 valence electrons. The van der Waals surface area contributed by atoms with Crippen LogP contribution in [-0.4, -0.2) is 13.6 Å². The van der Waals surface area contributed by atoms with Crippen LogP contribution in [0.25, 0.3) is 0 Å². The first-order chi connectivity index (χ1) is 7.08. The summed E-state index contributed by atoms with van der Waals surface area (Å²) in [5.41, 5.74) is 0. The first-order valence-electron chi connectivity index (χ1n) is 4.01. The third-order valence-corrected chi connectivity index (χ3v) is 2.84. The highest BCUT2D eigenvalue weighted by Gasteiger charge is 2.22. The van der Waals surface area contributed by atoms with Gasteiger partial charge in [-0.05, 0) is 24.3 Å². The second-order valence-corrected chi connectivity index (χ2v) is 4.49. The van der Waals surface area contributed by atoms with Crippen LogP contribution in [0, 0.1) is 5.82 Å². The number of rotatable bonds is 1. The normalized spacial score (nSPS) is 17.5. The van der Waals surface area contributed by atoms with Gasteiger partial charge in [-0.1, -0.05) is 0 Å². The van der Waals surface area contributed by atoms with E-state index in [4.69, 9.17) is 4.74 Å². The van der Waals surface area contributed by atoms with Crippen LogP contribution in [0.1, 0.15) is 0 Å². The zero-order valence-corrected chi connectivity index (χ0v) is 8.24. The molecule has 1 aromatic carbocycles. The van der Waals surface area contributed by atoms with Gasteiger partial charge in [0.25, 0.3) is 9.84 Å². The van der Waals surface area contributed by atoms with Gasteiger partial charge in [-0.25, -0.2) is 17.8 Å². The van der Waals surface area contributed by atoms with Crippen molar-refractivity contribution in [3.8, 4) is 5.75 Å². The molecule has 0 unspecified atom stereocenters. The van der Waals surface area contributed by atoms with Crippen molar-refractivity contribution in [3.63, 3.8) is 0 Å². The zero-order valence-electron chi connectivity index (χ0n) is 7.42. The Hall–Kier alpha value is -1.69. The molecule has 2 rings (SSSR count). The van der Waals surface area contributed by atoms with Crippen molar-refractivity contribution in [2.24, 2.45) is 4.99 Å². The maximum Gasteiger partial charge on any atom is 0.319 e. The Kier molecular flexibility index (Phi) is 2.28. The minimum Gasteiger partial charge on any atom is -0.430 e. The molecule has 0 aliphatic carbocycles. The molecule has 0 N–H and O–H groups in total. The summed E-state index contributed by atoms with van der Waals surface area (Å²) in [6.45, 7) is 0. The van der Waals surface area contributed by atoms with Gasteiger partial charge < -0.3 is 4.74 Å². The van der Waals surface area contributed by atoms with Crippen molar-refractivity contribution in [2.75, 3.05) is 0 Å². The van der Waals surface area contributed by atoms with Crippen LogP contribution in [0.4, 0.5) is 4.39 Å². The third-order valence-electron chi connectivity index (χ3n) is 1.68. The van der Waals surface area contributed by atoms with Gasteiger partial charge in [-0.3, -0.25) is 0 Å². The lowest BCUT2D eigenvalue weighted by atomic mass is 10.3. The summed E-state index contributed by atoms with van der Waals surface area (Å²) < 4.78 is 39.9. The van der Waals surface area contributed by atoms with Crippen molar-refractivity contribution in [1.82, 2.24) is 0 Å². The van der Waals surface area contributed by atoms with Gasteiger partial charge in [0, 0.05) is 6.20 Å². The van der Waals surface area contributed by atoms with Crippen LogP contribution in [0.5, 0.6) is 5.75 Å². The maximum absolute atomic E-state index is 12.5. The van der Waals surface area contributed by atoms with Crippen molar-refractivity contribution in [1.29, 1.82) is 0 Å². The lowest BCUT2D eigenvalue weighted by Gasteiger charge is -2.03. The van der Waals surface area contributed by atoms with E-state index in [1.807, 2.05) is 0 Å². The molecule has 0 atom stereocenters. The van der Waals surface area contributed by atoms with Crippen molar-refractivity contribution < 1.29 is 17.5 Å². The van der Waals surface area contributed by atoms with E-state index in [0.29, 0.717) is 0 Å². The fourth-order valence-electron chi connectivity index (χ4n) is 0.991. The molecule has 4 nitrogen and oxygen atoms in total. The second-order valence-electron chi connectivity index (χ2n) is 2.78. The monoisotopic (exact) mass is 227 g/mol. The van der Waals surface area contributed by atoms with E-state index >= 15 is 0 Å². The first-order valence-corrected chi connectivity index (χ1v) is 5.55. The molecule has 1 heterocycles. The molecule has 0 bridgehead atoms. The lowest BCUT2D eigenvalue weighted by molar-refractivity contribution is 0.546. The molecule has 6 heteroatoms. The van der Waals surface area contributed by atoms with E-state index in [1.54, 1.807) is 0 Å². The predicted molar refractivity (Wildman–Crippen MR) is 52.5 cm³/mol. The minimum absolute atomic E-state index is 0.224. The molecule has 0 amide bonds. The average molecular weight is 227 g/mol. The van der Waals surface area contributed by atoms with E-state index in [1.165, 1.54) is 24.3 Å². The quantitative estimate of drug-likeness (QED) is 0.729. The second kappa shape index (κ2) is 3.47. The minimum atomic E-state index is -3.54. The number of nitrogens with zero attached hydrogens (tertiary/aromatic N) is 1. The largest absolute Gasteiger partial charge is 0.430 e. The standard InChI is InChI=1S/C9H6FNO3S/c10-7-1-3-8(4-2-7)14-9-11-5-6-15(9,12)13/h1-6H. The molecule has 0 saturated carbocycles. The van der Waals surface area contributed by atoms with E-state index in [9.17, 15) is 12.8 Å². The summed E-state index contributed by atoms with van der Waals surface area (Å²) in [6.07, 6.45) is 1.13. The molecule has 0 radical (unpaired) electrons. The molecular formula is C9H6FNO3S. The summed E-state index contributed by atoms with van der Waals surface area (Å²) in [5.74, 6) is -0.195. The van der Waals surface area contributed by atoms with Crippen LogP contribution in [0.2, 0.25) is 0 Å². The number of aliphatic imine (C=N–C) groups is 1. The zero-order chi connectivity index (χ0) is 10.9. The van der Waals surface area contributed by atoms with Gasteiger partial charge >= 0.3 is 5.23 Å². The Morgan fingerprint density at radius 1 is 1.20 bits per heavy atom. The Balaban J connectivity index is 2.21. The van der Waals surface area contributed by atoms with Crippen molar-refractivity contribution in [2.45, 2.75) is 0 Å². The molecule has 0 aromatic heterocycles. The molecule has 0 fully saturated rings. The Morgan fingerprint density at radius 3 is 2.40 bits per heavy atom. The summed E-state index contributed by atoms with van der Waals surface area (Å²) in [7, 11) is -3.54. The van der Waals surface area contributed by atoms with Crippen molar-refractivity contribution >= 4 is 15.1 Å². The lowest BCUT2D eigenvalue weighted by Crippen LogP contribution is -2.15. The van der Waals surface area contributed by atoms with Gasteiger partial charge in [0.1, 0.15) is 11.6 Å². The van der Waals surface area contributed by atoms with Gasteiger partial charge in [0.2, 0.25) is 0 Å². The third kappa shape index (κ3) is 2.04. The number of benzene rings is 1. The molecule has 0 saturated heterocycles. The van der Waals surface area contributed by atoms with Gasteiger partial charge in [-0.2, -0.15) is 0 Å². The molecule has 0 spiro atoms. The van der Waals surface area contributed by atoms with E-state index < -0.39 is 20.9 Å². The van der Waals surface area contributed by atoms with E-state index in [-0.39, 0.29) is 5.75 Å². The summed E-state index contributed by atoms with van der Waals surface area (Å²) in [5, 5.41) is 0.542. The van der Waals surface area contributed by atoms with E-state index in [2.05, 4.69) is 4.99 Å². The highest BCUT2D eigenvalue weighted by Crippen LogP contribution is 2.15. The van der Waals surface area contributed by atoms with Crippen LogP contribution >= 0.6 is 0 Å². The molecule has 15 heavy (non-hydrogen) atoms. The molecule has 1 aliphatic rings. The van der Waals surface area contributed by atoms with E-state index in [0.717, 1.165) is 11.6 Å². The Bertz CT molecular complexity index is 531. The number of hydrogen-bond acceptors (Lipinski definition) is 4. The maximum atomic E-state index is 12.5. The average Bonchev–Trinajstić information content (AvgIpc) is 2.50. The van der Waals surface area contributed by atoms with Crippen molar-refractivity contribution in [3.05, 3.63) is 41.7 Å². The Morgan fingerprint density at radius 2 is 1.87 bits per heavy atom. The number of ether oxygens (including phenoxy) is 1. The van der Waals surface area contributed by atoms with Crippen LogP contribution in [-0.2, 0) is 9.84 Å². The summed E-state index contributed by atoms with van der Waals surface area (Å²) in [6, 6.07) is 4.99. The van der Waals surface area contributed by atoms with Crippen LogP contribution in [0.15, 0.2) is 40.9 Å². The highest BCUT2D eigenvalue weighted by molar-refractivity contribution is 8.08. The summed E-state index contributed by atoms with van der Waals surface area (Å²) in [4.78, 5) is 3.54. The number of hydrogen-bond donors (Lipinski definition) is 0. The predicted octanol–water partition coefficient (Wildman–Crippen LogP) is 1.46.